The third-order valence-electron chi connectivity index (χ3n) is 14.3. The van der Waals surface area contributed by atoms with Crippen LogP contribution >= 0.6 is 0 Å². The first kappa shape index (κ1) is 31.8. The molecule has 43 heavy (non-hydrogen) atoms. The molecule has 0 spiro atoms. The summed E-state index contributed by atoms with van der Waals surface area (Å²) in [4.78, 5) is 0.404. The van der Waals surface area contributed by atoms with Crippen LogP contribution in [0.2, 0.25) is 0 Å². The van der Waals surface area contributed by atoms with E-state index in [4.69, 9.17) is 0 Å². The predicted octanol–water partition coefficient (Wildman–Crippen LogP) is 8.52. The highest BCUT2D eigenvalue weighted by atomic mass is 32.2. The minimum atomic E-state index is -3.62. The fourth-order valence-corrected chi connectivity index (χ4v) is 13.5. The van der Waals surface area contributed by atoms with Crippen molar-refractivity contribution in [1.82, 2.24) is 0 Å². The van der Waals surface area contributed by atoms with Crippen molar-refractivity contribution in [2.75, 3.05) is 0 Å². The van der Waals surface area contributed by atoms with E-state index in [0.717, 1.165) is 51.4 Å². The molecule has 0 saturated heterocycles. The molecule has 4 nitrogen and oxygen atoms in total. The van der Waals surface area contributed by atoms with Crippen LogP contribution in [0, 0.1) is 45.8 Å². The minimum Gasteiger partial charge on any atom is -0.390 e. The molecule has 0 radical (unpaired) electrons. The third-order valence-corrected chi connectivity index (χ3v) is 16.6. The SMILES string of the molecule is C[C@H](C(CC1(O)CCC(C)(C)CC1)S(=O)(=O)c1ccccc1)[C@H]1CCC2[C@@H]3CC=C4C[C@@](C)(O)CC[C@]4(C)C3CC[C@@]21C. The Kier molecular flexibility index (Phi) is 7.91. The van der Waals surface area contributed by atoms with Gasteiger partial charge in [-0.3, -0.25) is 0 Å². The maximum absolute atomic E-state index is 14.5. The van der Waals surface area contributed by atoms with E-state index >= 15 is 0 Å². The Hall–Kier alpha value is -1.17. The van der Waals surface area contributed by atoms with Crippen molar-refractivity contribution in [2.45, 2.75) is 146 Å². The fraction of sp³-hybridized carbons (Fsp3) is 0.789. The molecule has 0 aliphatic heterocycles. The van der Waals surface area contributed by atoms with Crippen LogP contribution < -0.4 is 0 Å². The van der Waals surface area contributed by atoms with E-state index in [1.54, 1.807) is 12.1 Å². The number of hydrogen-bond acceptors (Lipinski definition) is 4. The van der Waals surface area contributed by atoms with E-state index in [1.165, 1.54) is 18.4 Å². The Balaban J connectivity index is 1.29. The first-order chi connectivity index (χ1) is 20.0. The van der Waals surface area contributed by atoms with E-state index < -0.39 is 26.3 Å². The van der Waals surface area contributed by atoms with Gasteiger partial charge in [0, 0.05) is 0 Å². The normalized spacial score (nSPS) is 41.7. The molecule has 0 bridgehead atoms. The molecular formula is C38H58O4S. The quantitative estimate of drug-likeness (QED) is 0.317. The Morgan fingerprint density at radius 2 is 1.51 bits per heavy atom. The number of rotatable bonds is 6. The number of fused-ring (bicyclic) bond motifs is 5. The summed E-state index contributed by atoms with van der Waals surface area (Å²) in [5, 5.41) is 22.2. The Morgan fingerprint density at radius 1 is 0.837 bits per heavy atom. The number of aliphatic hydroxyl groups is 2. The number of sulfone groups is 1. The summed E-state index contributed by atoms with van der Waals surface area (Å²) in [5.41, 5.74) is 0.503. The van der Waals surface area contributed by atoms with Gasteiger partial charge in [-0.2, -0.15) is 0 Å². The van der Waals surface area contributed by atoms with Gasteiger partial charge >= 0.3 is 0 Å². The molecule has 4 saturated carbocycles. The van der Waals surface area contributed by atoms with Gasteiger partial charge in [-0.25, -0.2) is 8.42 Å². The topological polar surface area (TPSA) is 74.6 Å². The van der Waals surface area contributed by atoms with Crippen molar-refractivity contribution in [3.05, 3.63) is 42.0 Å². The molecule has 5 heteroatoms. The van der Waals surface area contributed by atoms with Crippen LogP contribution in [0.3, 0.4) is 0 Å². The molecule has 1 aromatic carbocycles. The standard InChI is InChI=1S/C38H58O4S/c1-26(33(43(41,42)28-10-8-7-9-11-28)25-38(40)22-18-34(2,3)19-23-38)30-14-15-31-29-13-12-27-24-35(4,39)20-21-36(27,5)32(29)16-17-37(30,31)6/h7-12,26,29-33,39-40H,13-25H2,1-6H3/t26-,29-,30+,31?,32?,33?,35-,36-,37+/m0/s1. The van der Waals surface area contributed by atoms with Gasteiger partial charge in [-0.15, -0.1) is 0 Å². The van der Waals surface area contributed by atoms with Crippen LogP contribution in [0.4, 0.5) is 0 Å². The smallest absolute Gasteiger partial charge is 0.181 e. The lowest BCUT2D eigenvalue weighted by molar-refractivity contribution is -0.0729. The lowest BCUT2D eigenvalue weighted by atomic mass is 9.46. The zero-order valence-electron chi connectivity index (χ0n) is 27.7. The summed E-state index contributed by atoms with van der Waals surface area (Å²) in [7, 11) is -3.62. The first-order valence-electron chi connectivity index (χ1n) is 17.4. The van der Waals surface area contributed by atoms with Crippen LogP contribution in [0.15, 0.2) is 46.9 Å². The predicted molar refractivity (Wildman–Crippen MR) is 174 cm³/mol. The van der Waals surface area contributed by atoms with Crippen molar-refractivity contribution < 1.29 is 18.6 Å². The molecule has 0 heterocycles. The average Bonchev–Trinajstić information content (AvgIpc) is 3.31. The van der Waals surface area contributed by atoms with Gasteiger partial charge in [-0.05, 0) is 148 Å². The summed E-state index contributed by atoms with van der Waals surface area (Å²) in [6.45, 7) is 13.7. The molecule has 0 amide bonds. The van der Waals surface area contributed by atoms with Gasteiger partial charge in [0.15, 0.2) is 9.84 Å². The van der Waals surface area contributed by atoms with E-state index in [-0.39, 0.29) is 22.2 Å². The second kappa shape index (κ2) is 10.7. The van der Waals surface area contributed by atoms with Gasteiger partial charge in [0.1, 0.15) is 0 Å². The van der Waals surface area contributed by atoms with Crippen LogP contribution in [-0.4, -0.2) is 35.1 Å². The Labute approximate surface area is 262 Å². The molecule has 5 aliphatic carbocycles. The van der Waals surface area contributed by atoms with Gasteiger partial charge in [-0.1, -0.05) is 64.5 Å². The van der Waals surface area contributed by atoms with Gasteiger partial charge in [0.2, 0.25) is 0 Å². The van der Waals surface area contributed by atoms with E-state index in [0.29, 0.717) is 47.8 Å². The van der Waals surface area contributed by atoms with E-state index in [9.17, 15) is 18.6 Å². The molecule has 6 rings (SSSR count). The van der Waals surface area contributed by atoms with Gasteiger partial charge < -0.3 is 10.2 Å². The molecule has 2 N–H and O–H groups in total. The lowest BCUT2D eigenvalue weighted by Crippen LogP contribution is -2.53. The summed E-state index contributed by atoms with van der Waals surface area (Å²) in [5.74, 6) is 2.21. The summed E-state index contributed by atoms with van der Waals surface area (Å²) >= 11 is 0. The van der Waals surface area contributed by atoms with Crippen LogP contribution in [0.1, 0.15) is 125 Å². The maximum Gasteiger partial charge on any atom is 0.181 e. The molecule has 9 atom stereocenters. The minimum absolute atomic E-state index is 0.0224. The monoisotopic (exact) mass is 610 g/mol. The third kappa shape index (κ3) is 5.50. The van der Waals surface area contributed by atoms with Crippen molar-refractivity contribution in [3.63, 3.8) is 0 Å². The molecule has 3 unspecified atom stereocenters. The second-order valence-corrected chi connectivity index (χ2v) is 19.7. The zero-order chi connectivity index (χ0) is 31.1. The van der Waals surface area contributed by atoms with Crippen LogP contribution in [-0.2, 0) is 9.84 Å². The highest BCUT2D eigenvalue weighted by Crippen LogP contribution is 2.68. The van der Waals surface area contributed by atoms with Crippen LogP contribution in [0.25, 0.3) is 0 Å². The Morgan fingerprint density at radius 3 is 2.19 bits per heavy atom. The lowest BCUT2D eigenvalue weighted by Gasteiger charge is -2.59. The van der Waals surface area contributed by atoms with Crippen LogP contribution in [0.5, 0.6) is 0 Å². The number of benzene rings is 1. The average molecular weight is 611 g/mol. The van der Waals surface area contributed by atoms with E-state index in [1.807, 2.05) is 25.1 Å². The van der Waals surface area contributed by atoms with E-state index in [2.05, 4.69) is 40.7 Å². The largest absolute Gasteiger partial charge is 0.390 e. The molecular weight excluding hydrogens is 552 g/mol. The van der Waals surface area contributed by atoms with Crippen molar-refractivity contribution >= 4 is 9.84 Å². The van der Waals surface area contributed by atoms with Gasteiger partial charge in [0.25, 0.3) is 0 Å². The number of hydrogen-bond donors (Lipinski definition) is 2. The first-order valence-corrected chi connectivity index (χ1v) is 19.0. The zero-order valence-corrected chi connectivity index (χ0v) is 28.6. The molecule has 240 valence electrons. The highest BCUT2D eigenvalue weighted by molar-refractivity contribution is 7.92. The summed E-state index contributed by atoms with van der Waals surface area (Å²) in [6, 6.07) is 9.05. The van der Waals surface area contributed by atoms with Gasteiger partial charge in [0.05, 0.1) is 21.3 Å². The summed E-state index contributed by atoms with van der Waals surface area (Å²) in [6.07, 6.45) is 14.6. The molecule has 1 aromatic rings. The van der Waals surface area contributed by atoms with Crippen molar-refractivity contribution in [1.29, 1.82) is 0 Å². The summed E-state index contributed by atoms with van der Waals surface area (Å²) < 4.78 is 29.0. The maximum atomic E-state index is 14.5. The highest BCUT2D eigenvalue weighted by Gasteiger charge is 2.61. The van der Waals surface area contributed by atoms with Crippen molar-refractivity contribution in [3.8, 4) is 0 Å². The molecule has 4 fully saturated rings. The second-order valence-electron chi connectivity index (χ2n) is 17.5. The fourth-order valence-electron chi connectivity index (χ4n) is 11.3. The number of allylic oxidation sites excluding steroid dienone is 1. The molecule has 0 aromatic heterocycles. The van der Waals surface area contributed by atoms with Crippen molar-refractivity contribution in [2.24, 2.45) is 45.8 Å². The Bertz CT molecular complexity index is 1320. The molecule has 5 aliphatic rings.